The molecule has 5 rings (SSSR count). The number of nitrogens with two attached hydrogens (primary N) is 1. The lowest BCUT2D eigenvalue weighted by molar-refractivity contribution is -0.119. The molecule has 0 unspecified atom stereocenters. The van der Waals surface area contributed by atoms with Crippen LogP contribution in [0.25, 0.3) is 11.4 Å². The number of ether oxygens (including phenoxy) is 1. The second-order valence-corrected chi connectivity index (χ2v) is 8.90. The van der Waals surface area contributed by atoms with Gasteiger partial charge in [-0.1, -0.05) is 11.8 Å². The number of fused-ring (bicyclic) bond motifs is 3. The summed E-state index contributed by atoms with van der Waals surface area (Å²) in [7, 11) is 0. The Labute approximate surface area is 187 Å². The number of anilines is 2. The minimum atomic E-state index is -2.62. The SMILES string of the molecule is NC(=O)[C@@H]1CCCN1c1ccc2c(c1)OCCn1cc(N3C(=C=O)SC[C@H]3C(F)F)nc1-2. The Morgan fingerprint density at radius 2 is 2.19 bits per heavy atom. The van der Waals surface area contributed by atoms with Gasteiger partial charge in [-0.05, 0) is 25.0 Å². The van der Waals surface area contributed by atoms with Crippen LogP contribution in [0.15, 0.2) is 29.4 Å². The van der Waals surface area contributed by atoms with E-state index < -0.39 is 12.5 Å². The van der Waals surface area contributed by atoms with Crippen LogP contribution >= 0.6 is 11.8 Å². The lowest BCUT2D eigenvalue weighted by atomic mass is 10.1. The number of aromatic nitrogens is 2. The molecule has 4 heterocycles. The van der Waals surface area contributed by atoms with Gasteiger partial charge in [0, 0.05) is 30.2 Å². The van der Waals surface area contributed by atoms with Crippen molar-refractivity contribution in [1.29, 1.82) is 0 Å². The first kappa shape index (κ1) is 20.8. The number of rotatable bonds is 4. The zero-order chi connectivity index (χ0) is 22.4. The molecule has 8 nitrogen and oxygen atoms in total. The van der Waals surface area contributed by atoms with E-state index in [1.807, 2.05) is 27.7 Å². The van der Waals surface area contributed by atoms with Gasteiger partial charge in [-0.15, -0.1) is 0 Å². The third-order valence-electron chi connectivity index (χ3n) is 6.04. The maximum Gasteiger partial charge on any atom is 0.259 e. The summed E-state index contributed by atoms with van der Waals surface area (Å²) in [5.41, 5.74) is 7.11. The van der Waals surface area contributed by atoms with E-state index in [0.717, 1.165) is 30.4 Å². The summed E-state index contributed by atoms with van der Waals surface area (Å²) in [6.45, 7) is 1.57. The van der Waals surface area contributed by atoms with Crippen molar-refractivity contribution in [2.24, 2.45) is 5.73 Å². The second kappa shape index (κ2) is 8.14. The number of imidazole rings is 1. The van der Waals surface area contributed by atoms with Crippen molar-refractivity contribution in [3.63, 3.8) is 0 Å². The number of carbonyl (C=O) groups excluding carboxylic acids is 2. The summed E-state index contributed by atoms with van der Waals surface area (Å²) in [6, 6.07) is 4.13. The second-order valence-electron chi connectivity index (χ2n) is 7.89. The first-order valence-electron chi connectivity index (χ1n) is 10.3. The van der Waals surface area contributed by atoms with Crippen LogP contribution in [0.5, 0.6) is 5.75 Å². The molecule has 1 aromatic carbocycles. The molecule has 2 aromatic rings. The number of hydrogen-bond donors (Lipinski definition) is 1. The highest BCUT2D eigenvalue weighted by molar-refractivity contribution is 8.03. The number of nitrogens with zero attached hydrogens (tertiary/aromatic N) is 4. The quantitative estimate of drug-likeness (QED) is 0.698. The average molecular weight is 461 g/mol. The molecule has 0 radical (unpaired) electrons. The third kappa shape index (κ3) is 3.41. The highest BCUT2D eigenvalue weighted by Gasteiger charge is 2.39. The van der Waals surface area contributed by atoms with Crippen molar-refractivity contribution >= 4 is 35.1 Å². The summed E-state index contributed by atoms with van der Waals surface area (Å²) < 4.78 is 34.9. The van der Waals surface area contributed by atoms with Gasteiger partial charge in [-0.25, -0.2) is 18.6 Å². The molecule has 3 aliphatic heterocycles. The molecular formula is C21H21F2N5O3S. The molecule has 11 heteroatoms. The Hall–Kier alpha value is -3.04. The largest absolute Gasteiger partial charge is 0.491 e. The van der Waals surface area contributed by atoms with E-state index >= 15 is 0 Å². The van der Waals surface area contributed by atoms with Crippen LogP contribution < -0.4 is 20.3 Å². The van der Waals surface area contributed by atoms with Crippen molar-refractivity contribution in [3.8, 4) is 17.1 Å². The van der Waals surface area contributed by atoms with E-state index in [9.17, 15) is 18.4 Å². The molecule has 2 atom stereocenters. The monoisotopic (exact) mass is 461 g/mol. The van der Waals surface area contributed by atoms with E-state index in [1.54, 1.807) is 12.1 Å². The van der Waals surface area contributed by atoms with Crippen molar-refractivity contribution in [3.05, 3.63) is 29.4 Å². The summed E-state index contributed by atoms with van der Waals surface area (Å²) >= 11 is 1.06. The summed E-state index contributed by atoms with van der Waals surface area (Å²) in [4.78, 5) is 31.0. The standard InChI is InChI=1S/C21H21F2N5O3S/c22-19(23)15-11-32-18(10-29)28(15)17-9-26-6-7-31-16-8-12(3-4-13(16)21(26)25-17)27-5-1-2-14(27)20(24)30/h3-4,8-9,14-15,19H,1-2,5-7,11H2,(H2,24,30)/t14-,15-/m0/s1. The normalized spacial score (nSPS) is 22.4. The molecule has 0 aliphatic carbocycles. The maximum absolute atomic E-state index is 13.6. The first-order valence-corrected chi connectivity index (χ1v) is 11.3. The fourth-order valence-corrected chi connectivity index (χ4v) is 5.57. The number of hydrogen-bond acceptors (Lipinski definition) is 7. The highest BCUT2D eigenvalue weighted by Crippen LogP contribution is 2.41. The predicted molar refractivity (Wildman–Crippen MR) is 117 cm³/mol. The van der Waals surface area contributed by atoms with Gasteiger partial charge in [0.2, 0.25) is 5.91 Å². The van der Waals surface area contributed by atoms with Gasteiger partial charge in [0.15, 0.2) is 16.8 Å². The van der Waals surface area contributed by atoms with Gasteiger partial charge in [-0.2, -0.15) is 0 Å². The minimum absolute atomic E-state index is 0.102. The van der Waals surface area contributed by atoms with Gasteiger partial charge in [0.05, 0.1) is 12.1 Å². The summed E-state index contributed by atoms with van der Waals surface area (Å²) in [5.74, 6) is 2.98. The molecule has 1 amide bonds. The predicted octanol–water partition coefficient (Wildman–Crippen LogP) is 2.26. The van der Waals surface area contributed by atoms with E-state index in [4.69, 9.17) is 10.5 Å². The van der Waals surface area contributed by atoms with Crippen molar-refractivity contribution in [2.75, 3.05) is 28.7 Å². The molecule has 0 spiro atoms. The molecular weight excluding hydrogens is 440 g/mol. The minimum Gasteiger partial charge on any atom is -0.491 e. The zero-order valence-corrected chi connectivity index (χ0v) is 17.9. The molecule has 32 heavy (non-hydrogen) atoms. The number of thioether (sulfide) groups is 1. The molecule has 3 aliphatic rings. The number of primary amides is 1. The van der Waals surface area contributed by atoms with Gasteiger partial charge < -0.3 is 24.8 Å². The Bertz CT molecular complexity index is 1120. The van der Waals surface area contributed by atoms with Crippen LogP contribution in [0, 0.1) is 0 Å². The molecule has 2 saturated heterocycles. The molecule has 168 valence electrons. The smallest absolute Gasteiger partial charge is 0.259 e. The number of carbonyl (C=O) groups is 1. The fraction of sp³-hybridized carbons (Fsp3) is 0.429. The van der Waals surface area contributed by atoms with E-state index in [1.165, 1.54) is 4.90 Å². The maximum atomic E-state index is 13.6. The Balaban J connectivity index is 1.52. The first-order chi connectivity index (χ1) is 15.5. The molecule has 2 fully saturated rings. The fourth-order valence-electron chi connectivity index (χ4n) is 4.52. The van der Waals surface area contributed by atoms with Gasteiger partial charge in [0.25, 0.3) is 6.43 Å². The average Bonchev–Trinajstić information content (AvgIpc) is 3.49. The number of halogens is 2. The van der Waals surface area contributed by atoms with Crippen molar-refractivity contribution in [2.45, 2.75) is 37.9 Å². The van der Waals surface area contributed by atoms with Crippen LogP contribution in [-0.2, 0) is 16.1 Å². The molecule has 0 bridgehead atoms. The van der Waals surface area contributed by atoms with Gasteiger partial charge in [0.1, 0.15) is 30.3 Å². The Morgan fingerprint density at radius 1 is 1.34 bits per heavy atom. The van der Waals surface area contributed by atoms with Crippen molar-refractivity contribution < 1.29 is 23.1 Å². The van der Waals surface area contributed by atoms with Gasteiger partial charge >= 0.3 is 0 Å². The third-order valence-corrected chi connectivity index (χ3v) is 7.10. The number of benzene rings is 1. The van der Waals surface area contributed by atoms with Crippen molar-refractivity contribution in [1.82, 2.24) is 9.55 Å². The number of amides is 1. The lowest BCUT2D eigenvalue weighted by Crippen LogP contribution is -2.40. The molecule has 1 aromatic heterocycles. The molecule has 2 N–H and O–H groups in total. The number of alkyl halides is 2. The zero-order valence-electron chi connectivity index (χ0n) is 17.0. The van der Waals surface area contributed by atoms with Crippen LogP contribution in [0.4, 0.5) is 20.3 Å². The van der Waals surface area contributed by atoms with Crippen LogP contribution in [0.2, 0.25) is 0 Å². The highest BCUT2D eigenvalue weighted by atomic mass is 32.2. The molecule has 0 saturated carbocycles. The Morgan fingerprint density at radius 3 is 2.94 bits per heavy atom. The summed E-state index contributed by atoms with van der Waals surface area (Å²) in [5, 5.41) is 0.113. The van der Waals surface area contributed by atoms with Crippen LogP contribution in [-0.4, -0.2) is 58.8 Å². The van der Waals surface area contributed by atoms with Crippen LogP contribution in [0.3, 0.4) is 0 Å². The van der Waals surface area contributed by atoms with E-state index in [0.29, 0.717) is 42.5 Å². The van der Waals surface area contributed by atoms with E-state index in [2.05, 4.69) is 4.98 Å². The lowest BCUT2D eigenvalue weighted by Gasteiger charge is -2.25. The van der Waals surface area contributed by atoms with E-state index in [-0.39, 0.29) is 22.7 Å². The van der Waals surface area contributed by atoms with Gasteiger partial charge in [-0.3, -0.25) is 4.79 Å². The Kier molecular flexibility index (Phi) is 5.30. The van der Waals surface area contributed by atoms with Crippen LogP contribution in [0.1, 0.15) is 12.8 Å². The summed E-state index contributed by atoms with van der Waals surface area (Å²) in [6.07, 6.45) is 0.647. The topological polar surface area (TPSA) is 93.7 Å².